The topological polar surface area (TPSA) is 59.0 Å². The van der Waals surface area contributed by atoms with Crippen LogP contribution in [0.2, 0.25) is 0 Å². The van der Waals surface area contributed by atoms with Crippen LogP contribution in [0.15, 0.2) is 94.8 Å². The van der Waals surface area contributed by atoms with Crippen molar-refractivity contribution in [1.82, 2.24) is 4.90 Å². The lowest BCUT2D eigenvalue weighted by Gasteiger charge is -2.27. The van der Waals surface area contributed by atoms with E-state index in [0.717, 1.165) is 33.4 Å². The quantitative estimate of drug-likeness (QED) is 0.280. The van der Waals surface area contributed by atoms with Crippen molar-refractivity contribution in [2.45, 2.75) is 20.3 Å². The molecule has 5 rings (SSSR count). The minimum Gasteiger partial charge on any atom is -0.378 e. The summed E-state index contributed by atoms with van der Waals surface area (Å²) in [5.74, 6) is -0.218. The number of carbonyl (C=O) groups excluding carboxylic acids is 2. The predicted octanol–water partition coefficient (Wildman–Crippen LogP) is 6.33. The predicted molar refractivity (Wildman–Crippen MR) is 155 cm³/mol. The molecule has 0 radical (unpaired) electrons. The van der Waals surface area contributed by atoms with Gasteiger partial charge < -0.3 is 9.64 Å². The number of Topliss-reactive ketones (excluding diaryl/α,β-unsaturated/α-hetero) is 1. The van der Waals surface area contributed by atoms with E-state index in [1.807, 2.05) is 98.8 Å². The number of ketones is 1. The zero-order valence-corrected chi connectivity index (χ0v) is 22.5. The summed E-state index contributed by atoms with van der Waals surface area (Å²) in [7, 11) is 0. The molecule has 1 amide bonds. The number of ether oxygens (including phenoxy) is 1. The Hall–Kier alpha value is -3.74. The average Bonchev–Trinajstić information content (AvgIpc) is 3.34. The zero-order chi connectivity index (χ0) is 26.5. The van der Waals surface area contributed by atoms with Crippen molar-refractivity contribution < 1.29 is 14.3 Å². The molecule has 2 aliphatic heterocycles. The summed E-state index contributed by atoms with van der Waals surface area (Å²) in [4.78, 5) is 33.8. The van der Waals surface area contributed by atoms with E-state index in [1.54, 1.807) is 0 Å². The smallest absolute Gasteiger partial charge is 0.286 e. The Kier molecular flexibility index (Phi) is 8.01. The summed E-state index contributed by atoms with van der Waals surface area (Å²) in [6.07, 6.45) is 2.22. The van der Waals surface area contributed by atoms with Crippen LogP contribution >= 0.6 is 11.8 Å². The Labute approximate surface area is 227 Å². The number of thioether (sulfide) groups is 1. The van der Waals surface area contributed by atoms with E-state index < -0.39 is 0 Å². The van der Waals surface area contributed by atoms with Crippen LogP contribution in [0.1, 0.15) is 39.0 Å². The van der Waals surface area contributed by atoms with Gasteiger partial charge in [0.2, 0.25) is 0 Å². The summed E-state index contributed by atoms with van der Waals surface area (Å²) < 4.78 is 5.48. The number of rotatable bonds is 6. The van der Waals surface area contributed by atoms with Gasteiger partial charge in [0.25, 0.3) is 5.91 Å². The second-order valence-electron chi connectivity index (χ2n) is 9.51. The first-order valence-corrected chi connectivity index (χ1v) is 13.6. The first kappa shape index (κ1) is 25.9. The number of aliphatic imine (C=N–C) groups is 1. The third kappa shape index (κ3) is 6.04. The molecule has 0 aliphatic carbocycles. The van der Waals surface area contributed by atoms with Gasteiger partial charge in [-0.2, -0.15) is 4.99 Å². The van der Waals surface area contributed by atoms with Crippen LogP contribution in [-0.4, -0.2) is 48.1 Å². The second-order valence-corrected chi connectivity index (χ2v) is 10.5. The van der Waals surface area contributed by atoms with Gasteiger partial charge in [-0.3, -0.25) is 9.59 Å². The molecule has 0 spiro atoms. The third-order valence-corrected chi connectivity index (χ3v) is 7.79. The second kappa shape index (κ2) is 11.8. The van der Waals surface area contributed by atoms with Gasteiger partial charge in [-0.05, 0) is 48.4 Å². The number of carbonyl (C=O) groups is 2. The summed E-state index contributed by atoms with van der Waals surface area (Å²) in [6.45, 7) is 6.71. The highest BCUT2D eigenvalue weighted by Gasteiger charge is 2.30. The molecule has 2 heterocycles. The minimum absolute atomic E-state index is 0.0315. The molecule has 3 aromatic rings. The number of amides is 1. The maximum absolute atomic E-state index is 13.4. The van der Waals surface area contributed by atoms with Crippen molar-refractivity contribution in [2.24, 2.45) is 4.99 Å². The molecule has 0 unspecified atom stereocenters. The molecule has 6 heteroatoms. The molecule has 0 saturated carbocycles. The van der Waals surface area contributed by atoms with Gasteiger partial charge >= 0.3 is 0 Å². The van der Waals surface area contributed by atoms with Crippen molar-refractivity contribution in [3.8, 4) is 0 Å². The summed E-state index contributed by atoms with van der Waals surface area (Å²) in [5, 5.41) is 0.711. The number of hydrogen-bond acceptors (Lipinski definition) is 5. The minimum atomic E-state index is -0.249. The molecule has 5 nitrogen and oxygen atoms in total. The largest absolute Gasteiger partial charge is 0.378 e. The molecule has 38 heavy (non-hydrogen) atoms. The Balaban J connectivity index is 1.58. The molecule has 1 fully saturated rings. The number of hydrogen-bond donors (Lipinski definition) is 0. The molecular formula is C32H30N2O3S. The van der Waals surface area contributed by atoms with Crippen molar-refractivity contribution in [2.75, 3.05) is 26.3 Å². The van der Waals surface area contributed by atoms with Gasteiger partial charge in [0, 0.05) is 30.6 Å². The zero-order valence-electron chi connectivity index (χ0n) is 21.6. The maximum Gasteiger partial charge on any atom is 0.286 e. The van der Waals surface area contributed by atoms with Crippen LogP contribution in [0.3, 0.4) is 0 Å². The number of benzene rings is 3. The summed E-state index contributed by atoms with van der Waals surface area (Å²) >= 11 is 1.41. The Bertz CT molecular complexity index is 1420. The molecule has 3 aromatic carbocycles. The van der Waals surface area contributed by atoms with Crippen LogP contribution in [0.5, 0.6) is 0 Å². The van der Waals surface area contributed by atoms with E-state index in [4.69, 9.17) is 4.74 Å². The van der Waals surface area contributed by atoms with Gasteiger partial charge in [0.1, 0.15) is 0 Å². The number of aryl methyl sites for hydroxylation is 2. The summed E-state index contributed by atoms with van der Waals surface area (Å²) in [6, 6.07) is 25.7. The van der Waals surface area contributed by atoms with Gasteiger partial charge in [-0.15, -0.1) is 0 Å². The lowest BCUT2D eigenvalue weighted by Crippen LogP contribution is -2.38. The summed E-state index contributed by atoms with van der Waals surface area (Å²) in [5.41, 5.74) is 6.42. The number of morpholine rings is 1. The van der Waals surface area contributed by atoms with E-state index in [1.165, 1.54) is 11.8 Å². The number of nitrogens with zero attached hydrogens (tertiary/aromatic N) is 2. The van der Waals surface area contributed by atoms with E-state index in [0.29, 0.717) is 41.9 Å². The number of allylic oxidation sites excluding steroid dienone is 3. The van der Waals surface area contributed by atoms with Crippen LogP contribution in [0, 0.1) is 13.8 Å². The van der Waals surface area contributed by atoms with Crippen molar-refractivity contribution >= 4 is 39.8 Å². The normalized spacial score (nSPS) is 17.4. The third-order valence-electron chi connectivity index (χ3n) is 6.66. The van der Waals surface area contributed by atoms with Gasteiger partial charge in [0.05, 0.1) is 18.1 Å². The molecule has 2 aliphatic rings. The van der Waals surface area contributed by atoms with Gasteiger partial charge in [-0.25, -0.2) is 0 Å². The highest BCUT2D eigenvalue weighted by molar-refractivity contribution is 8.18. The highest BCUT2D eigenvalue weighted by Crippen LogP contribution is 2.38. The fraction of sp³-hybridized carbons (Fsp3) is 0.219. The molecular weight excluding hydrogens is 492 g/mol. The Morgan fingerprint density at radius 2 is 1.47 bits per heavy atom. The molecule has 0 bridgehead atoms. The molecule has 192 valence electrons. The Morgan fingerprint density at radius 3 is 2.11 bits per heavy atom. The van der Waals surface area contributed by atoms with E-state index >= 15 is 0 Å². The van der Waals surface area contributed by atoms with Gasteiger partial charge in [-0.1, -0.05) is 90.0 Å². The van der Waals surface area contributed by atoms with Crippen molar-refractivity contribution in [3.63, 3.8) is 0 Å². The SMILES string of the molecule is Cc1ccc(C(=O)C/C(=C\C(=C2\SC(N3CCOCC3)=NC2=O)c2ccc(C)cc2)c2ccccc2)cc1. The first-order chi connectivity index (χ1) is 18.5. The van der Waals surface area contributed by atoms with Crippen LogP contribution in [0.25, 0.3) is 11.1 Å². The molecule has 0 N–H and O–H groups in total. The maximum atomic E-state index is 13.4. The van der Waals surface area contributed by atoms with E-state index in [-0.39, 0.29) is 18.1 Å². The van der Waals surface area contributed by atoms with Crippen LogP contribution in [-0.2, 0) is 9.53 Å². The Morgan fingerprint density at radius 1 is 0.868 bits per heavy atom. The van der Waals surface area contributed by atoms with Crippen LogP contribution in [0.4, 0.5) is 0 Å². The van der Waals surface area contributed by atoms with Crippen molar-refractivity contribution in [1.29, 1.82) is 0 Å². The first-order valence-electron chi connectivity index (χ1n) is 12.8. The fourth-order valence-electron chi connectivity index (χ4n) is 4.45. The average molecular weight is 523 g/mol. The number of amidine groups is 1. The molecule has 0 atom stereocenters. The molecule has 1 saturated heterocycles. The standard InChI is InChI=1S/C32H30N2O3S/c1-22-8-12-25(13-9-22)28(30-31(36)33-32(38-30)34-16-18-37-19-17-34)20-27(24-6-4-3-5-7-24)21-29(35)26-14-10-23(2)11-15-26/h3-15,20H,16-19,21H2,1-2H3/b27-20+,30-28-. The lowest BCUT2D eigenvalue weighted by molar-refractivity contribution is -0.113. The monoisotopic (exact) mass is 522 g/mol. The van der Waals surface area contributed by atoms with Gasteiger partial charge in [0.15, 0.2) is 11.0 Å². The van der Waals surface area contributed by atoms with Crippen LogP contribution < -0.4 is 0 Å². The fourth-order valence-corrected chi connectivity index (χ4v) is 5.49. The lowest BCUT2D eigenvalue weighted by atomic mass is 9.93. The molecule has 0 aromatic heterocycles. The van der Waals surface area contributed by atoms with E-state index in [9.17, 15) is 9.59 Å². The van der Waals surface area contributed by atoms with Crippen molar-refractivity contribution in [3.05, 3.63) is 118 Å². The highest BCUT2D eigenvalue weighted by atomic mass is 32.2. The van der Waals surface area contributed by atoms with E-state index in [2.05, 4.69) is 9.89 Å².